The van der Waals surface area contributed by atoms with Crippen molar-refractivity contribution in [2.75, 3.05) is 19.8 Å². The molecule has 1 fully saturated rings. The second kappa shape index (κ2) is 8.62. The van der Waals surface area contributed by atoms with Gasteiger partial charge in [0.2, 0.25) is 0 Å². The number of carbonyl (C=O) groups excluding carboxylic acids is 1. The van der Waals surface area contributed by atoms with E-state index in [-0.39, 0.29) is 31.0 Å². The van der Waals surface area contributed by atoms with E-state index >= 15 is 0 Å². The zero-order chi connectivity index (χ0) is 17.5. The van der Waals surface area contributed by atoms with E-state index in [1.54, 1.807) is 35.2 Å². The lowest BCUT2D eigenvalue weighted by atomic mass is 10.1. The van der Waals surface area contributed by atoms with E-state index in [1.807, 2.05) is 18.2 Å². The standard InChI is InChI=1S/C20H22FNO3/c21-19-11-5-4-7-16(19)13-22(14-18-10-6-12-24-18)20(23)15-25-17-8-2-1-3-9-17/h1-5,7-9,11,18H,6,10,12-15H2. The zero-order valence-corrected chi connectivity index (χ0v) is 14.1. The Kier molecular flexibility index (Phi) is 6.01. The number of hydrogen-bond donors (Lipinski definition) is 0. The highest BCUT2D eigenvalue weighted by Gasteiger charge is 2.23. The van der Waals surface area contributed by atoms with Crippen molar-refractivity contribution in [2.24, 2.45) is 0 Å². The lowest BCUT2D eigenvalue weighted by molar-refractivity contribution is -0.135. The highest BCUT2D eigenvalue weighted by Crippen LogP contribution is 2.17. The quantitative estimate of drug-likeness (QED) is 0.773. The molecule has 5 heteroatoms. The Morgan fingerprint density at radius 2 is 1.92 bits per heavy atom. The fourth-order valence-corrected chi connectivity index (χ4v) is 2.87. The van der Waals surface area contributed by atoms with Crippen LogP contribution >= 0.6 is 0 Å². The van der Waals surface area contributed by atoms with Crippen molar-refractivity contribution < 1.29 is 18.7 Å². The monoisotopic (exact) mass is 343 g/mol. The maximum absolute atomic E-state index is 14.0. The molecule has 2 aromatic carbocycles. The summed E-state index contributed by atoms with van der Waals surface area (Å²) < 4.78 is 25.2. The van der Waals surface area contributed by atoms with E-state index in [0.717, 1.165) is 12.8 Å². The minimum absolute atomic E-state index is 0.00690. The zero-order valence-electron chi connectivity index (χ0n) is 14.1. The van der Waals surface area contributed by atoms with Gasteiger partial charge in [0.05, 0.1) is 6.10 Å². The third-order valence-electron chi connectivity index (χ3n) is 4.23. The van der Waals surface area contributed by atoms with Gasteiger partial charge >= 0.3 is 0 Å². The van der Waals surface area contributed by atoms with Gasteiger partial charge < -0.3 is 14.4 Å². The molecule has 0 aromatic heterocycles. The summed E-state index contributed by atoms with van der Waals surface area (Å²) >= 11 is 0. The predicted molar refractivity (Wildman–Crippen MR) is 92.7 cm³/mol. The second-order valence-electron chi connectivity index (χ2n) is 6.10. The topological polar surface area (TPSA) is 38.8 Å². The minimum atomic E-state index is -0.309. The molecule has 4 nitrogen and oxygen atoms in total. The van der Waals surface area contributed by atoms with Gasteiger partial charge in [0.25, 0.3) is 5.91 Å². The number of hydrogen-bond acceptors (Lipinski definition) is 3. The van der Waals surface area contributed by atoms with Crippen LogP contribution in [0.1, 0.15) is 18.4 Å². The van der Waals surface area contributed by atoms with Crippen molar-refractivity contribution in [3.8, 4) is 5.75 Å². The largest absolute Gasteiger partial charge is 0.484 e. The summed E-state index contributed by atoms with van der Waals surface area (Å²) in [7, 11) is 0. The van der Waals surface area contributed by atoms with Crippen LogP contribution in [0.5, 0.6) is 5.75 Å². The summed E-state index contributed by atoms with van der Waals surface area (Å²) in [5.74, 6) is 0.151. The van der Waals surface area contributed by atoms with Gasteiger partial charge in [-0.3, -0.25) is 4.79 Å². The molecule has 1 saturated heterocycles. The Bertz CT molecular complexity index is 686. The van der Waals surface area contributed by atoms with Crippen LogP contribution in [0.15, 0.2) is 54.6 Å². The normalized spacial score (nSPS) is 16.6. The number of para-hydroxylation sites is 1. The Hall–Kier alpha value is -2.40. The molecule has 1 atom stereocenters. The molecule has 0 spiro atoms. The molecule has 1 aliphatic heterocycles. The van der Waals surface area contributed by atoms with E-state index in [2.05, 4.69) is 0 Å². The van der Waals surface area contributed by atoms with Crippen LogP contribution < -0.4 is 4.74 Å². The molecule has 1 heterocycles. The summed E-state index contributed by atoms with van der Waals surface area (Å²) in [6.45, 7) is 1.30. The molecule has 1 aliphatic rings. The number of nitrogens with zero attached hydrogens (tertiary/aromatic N) is 1. The van der Waals surface area contributed by atoms with Gasteiger partial charge in [0, 0.05) is 25.3 Å². The molecule has 2 aromatic rings. The van der Waals surface area contributed by atoms with Gasteiger partial charge in [-0.05, 0) is 31.0 Å². The number of amides is 1. The molecular formula is C20H22FNO3. The van der Waals surface area contributed by atoms with E-state index in [0.29, 0.717) is 24.5 Å². The van der Waals surface area contributed by atoms with Gasteiger partial charge in [0.15, 0.2) is 6.61 Å². The van der Waals surface area contributed by atoms with Crippen molar-refractivity contribution in [2.45, 2.75) is 25.5 Å². The van der Waals surface area contributed by atoms with Gasteiger partial charge in [-0.1, -0.05) is 36.4 Å². The SMILES string of the molecule is O=C(COc1ccccc1)N(Cc1ccccc1F)CC1CCCO1. The molecular weight excluding hydrogens is 321 g/mol. The van der Waals surface area contributed by atoms with E-state index in [9.17, 15) is 9.18 Å². The van der Waals surface area contributed by atoms with Crippen molar-refractivity contribution in [3.63, 3.8) is 0 Å². The van der Waals surface area contributed by atoms with Crippen LogP contribution in [0.4, 0.5) is 4.39 Å². The summed E-state index contributed by atoms with van der Waals surface area (Å²) in [6, 6.07) is 15.7. The van der Waals surface area contributed by atoms with Crippen molar-refractivity contribution >= 4 is 5.91 Å². The molecule has 0 radical (unpaired) electrons. The van der Waals surface area contributed by atoms with Gasteiger partial charge in [-0.2, -0.15) is 0 Å². The third kappa shape index (κ3) is 5.03. The fourth-order valence-electron chi connectivity index (χ4n) is 2.87. The third-order valence-corrected chi connectivity index (χ3v) is 4.23. The Morgan fingerprint density at radius 1 is 1.16 bits per heavy atom. The molecule has 0 aliphatic carbocycles. The molecule has 25 heavy (non-hydrogen) atoms. The van der Waals surface area contributed by atoms with Gasteiger partial charge in [-0.15, -0.1) is 0 Å². The summed E-state index contributed by atoms with van der Waals surface area (Å²) in [5.41, 5.74) is 0.494. The smallest absolute Gasteiger partial charge is 0.260 e. The van der Waals surface area contributed by atoms with Crippen molar-refractivity contribution in [1.82, 2.24) is 4.90 Å². The van der Waals surface area contributed by atoms with Gasteiger partial charge in [0.1, 0.15) is 11.6 Å². The van der Waals surface area contributed by atoms with Crippen LogP contribution in [0, 0.1) is 5.82 Å². The van der Waals surface area contributed by atoms with Crippen LogP contribution in [-0.4, -0.2) is 36.7 Å². The minimum Gasteiger partial charge on any atom is -0.484 e. The first-order chi connectivity index (χ1) is 12.2. The average molecular weight is 343 g/mol. The first-order valence-corrected chi connectivity index (χ1v) is 8.53. The fraction of sp³-hybridized carbons (Fsp3) is 0.350. The number of rotatable bonds is 7. The Morgan fingerprint density at radius 3 is 2.64 bits per heavy atom. The molecule has 0 bridgehead atoms. The van der Waals surface area contributed by atoms with Crippen LogP contribution in [0.3, 0.4) is 0 Å². The average Bonchev–Trinajstić information content (AvgIpc) is 3.15. The Labute approximate surface area is 147 Å². The molecule has 0 saturated carbocycles. The first kappa shape index (κ1) is 17.4. The van der Waals surface area contributed by atoms with E-state index in [1.165, 1.54) is 6.07 Å². The highest BCUT2D eigenvalue weighted by molar-refractivity contribution is 5.77. The highest BCUT2D eigenvalue weighted by atomic mass is 19.1. The lowest BCUT2D eigenvalue weighted by Crippen LogP contribution is -2.39. The number of halogens is 1. The Balaban J connectivity index is 1.66. The van der Waals surface area contributed by atoms with Crippen molar-refractivity contribution in [1.29, 1.82) is 0 Å². The number of benzene rings is 2. The van der Waals surface area contributed by atoms with Crippen molar-refractivity contribution in [3.05, 3.63) is 66.0 Å². The summed E-state index contributed by atoms with van der Waals surface area (Å²) in [5, 5.41) is 0. The van der Waals surface area contributed by atoms with Crippen LogP contribution in [0.2, 0.25) is 0 Å². The molecule has 1 unspecified atom stereocenters. The molecule has 132 valence electrons. The van der Waals surface area contributed by atoms with Crippen LogP contribution in [-0.2, 0) is 16.1 Å². The van der Waals surface area contributed by atoms with Crippen LogP contribution in [0.25, 0.3) is 0 Å². The maximum atomic E-state index is 14.0. The molecule has 0 N–H and O–H groups in total. The number of ether oxygens (including phenoxy) is 2. The second-order valence-corrected chi connectivity index (χ2v) is 6.10. The first-order valence-electron chi connectivity index (χ1n) is 8.53. The molecule has 1 amide bonds. The molecule has 3 rings (SSSR count). The van der Waals surface area contributed by atoms with Gasteiger partial charge in [-0.25, -0.2) is 4.39 Å². The van der Waals surface area contributed by atoms with E-state index in [4.69, 9.17) is 9.47 Å². The predicted octanol–water partition coefficient (Wildman–Crippen LogP) is 3.41. The summed E-state index contributed by atoms with van der Waals surface area (Å²) in [4.78, 5) is 14.3. The number of carbonyl (C=O) groups is 1. The maximum Gasteiger partial charge on any atom is 0.260 e. The summed E-state index contributed by atoms with van der Waals surface area (Å²) in [6.07, 6.45) is 1.92. The lowest BCUT2D eigenvalue weighted by Gasteiger charge is -2.26. The van der Waals surface area contributed by atoms with E-state index < -0.39 is 0 Å².